The lowest BCUT2D eigenvalue weighted by molar-refractivity contribution is -0.139. The maximum Gasteiger partial charge on any atom is 0.417 e. The zero-order valence-corrected chi connectivity index (χ0v) is 19.2. The highest BCUT2D eigenvalue weighted by Crippen LogP contribution is 2.36. The number of piperidine rings is 1. The van der Waals surface area contributed by atoms with Crippen molar-refractivity contribution in [1.82, 2.24) is 9.62 Å². The molecule has 3 rings (SSSR count). The van der Waals surface area contributed by atoms with Gasteiger partial charge in [0.15, 0.2) is 0 Å². The van der Waals surface area contributed by atoms with Crippen molar-refractivity contribution in [3.63, 3.8) is 0 Å². The molecular weight excluding hydrogens is 461 g/mol. The summed E-state index contributed by atoms with van der Waals surface area (Å²) in [5.41, 5.74) is 0.00356. The maximum absolute atomic E-state index is 13.2. The summed E-state index contributed by atoms with van der Waals surface area (Å²) in [6, 6.07) is 12.3. The molecule has 174 valence electrons. The first-order chi connectivity index (χ1) is 15.1. The molecule has 1 heterocycles. The molecule has 0 aliphatic carbocycles. The molecule has 1 N–H and O–H groups in total. The molecule has 1 aliphatic rings. The summed E-state index contributed by atoms with van der Waals surface area (Å²) in [5.74, 6) is 0.196. The van der Waals surface area contributed by atoms with Crippen molar-refractivity contribution in [2.24, 2.45) is 5.92 Å². The van der Waals surface area contributed by atoms with Crippen molar-refractivity contribution in [1.29, 1.82) is 0 Å². The molecule has 1 fully saturated rings. The third-order valence-electron chi connectivity index (χ3n) is 5.33. The number of hydrogen-bond donors (Lipinski definition) is 1. The van der Waals surface area contributed by atoms with Gasteiger partial charge in [0.1, 0.15) is 0 Å². The number of nitrogens with one attached hydrogen (secondary N) is 1. The van der Waals surface area contributed by atoms with Gasteiger partial charge in [-0.1, -0.05) is 29.8 Å². The van der Waals surface area contributed by atoms with E-state index < -0.39 is 26.7 Å². The van der Waals surface area contributed by atoms with Crippen molar-refractivity contribution in [2.45, 2.75) is 35.7 Å². The SMILES string of the molecule is Cc1ccc(SCCNC(=O)C2CCN(S(=O)(=O)c3ccccc3C(F)(F)F)CC2)cc1. The molecule has 10 heteroatoms. The number of benzene rings is 2. The summed E-state index contributed by atoms with van der Waals surface area (Å²) in [4.78, 5) is 12.8. The lowest BCUT2D eigenvalue weighted by Gasteiger charge is -2.31. The van der Waals surface area contributed by atoms with E-state index in [1.807, 2.05) is 31.2 Å². The Bertz CT molecular complexity index is 1030. The summed E-state index contributed by atoms with van der Waals surface area (Å²) in [5, 5.41) is 2.87. The van der Waals surface area contributed by atoms with Crippen LogP contribution in [0.4, 0.5) is 13.2 Å². The highest BCUT2D eigenvalue weighted by atomic mass is 32.2. The summed E-state index contributed by atoms with van der Waals surface area (Å²) < 4.78 is 66.4. The van der Waals surface area contributed by atoms with Gasteiger partial charge in [0.05, 0.1) is 10.5 Å². The number of nitrogens with zero attached hydrogens (tertiary/aromatic N) is 1. The average Bonchev–Trinajstić information content (AvgIpc) is 2.77. The fraction of sp³-hybridized carbons (Fsp3) is 0.409. The number of carbonyl (C=O) groups excluding carboxylic acids is 1. The molecule has 2 aromatic rings. The molecule has 0 aromatic heterocycles. The number of sulfonamides is 1. The number of amides is 1. The van der Waals surface area contributed by atoms with Crippen LogP contribution in [0.5, 0.6) is 0 Å². The minimum absolute atomic E-state index is 0.00469. The summed E-state index contributed by atoms with van der Waals surface area (Å²) in [6.07, 6.45) is -4.23. The highest BCUT2D eigenvalue weighted by Gasteiger charge is 2.40. The molecule has 1 amide bonds. The first kappa shape index (κ1) is 24.6. The number of thioether (sulfide) groups is 1. The van der Waals surface area contributed by atoms with Gasteiger partial charge in [-0.15, -0.1) is 11.8 Å². The molecule has 0 unspecified atom stereocenters. The van der Waals surface area contributed by atoms with Crippen LogP contribution in [0.1, 0.15) is 24.0 Å². The molecule has 0 spiro atoms. The summed E-state index contributed by atoms with van der Waals surface area (Å²) >= 11 is 1.63. The Kier molecular flexibility index (Phi) is 7.89. The topological polar surface area (TPSA) is 66.5 Å². The van der Waals surface area contributed by atoms with Crippen molar-refractivity contribution in [3.8, 4) is 0 Å². The van der Waals surface area contributed by atoms with E-state index in [4.69, 9.17) is 0 Å². The fourth-order valence-corrected chi connectivity index (χ4v) is 6.00. The number of carbonyl (C=O) groups is 1. The van der Waals surface area contributed by atoms with E-state index in [1.54, 1.807) is 11.8 Å². The molecule has 2 aromatic carbocycles. The molecule has 0 atom stereocenters. The number of halogens is 3. The van der Waals surface area contributed by atoms with Crippen molar-refractivity contribution < 1.29 is 26.4 Å². The fourth-order valence-electron chi connectivity index (χ4n) is 3.55. The molecule has 0 saturated carbocycles. The Labute approximate surface area is 190 Å². The maximum atomic E-state index is 13.2. The van der Waals surface area contributed by atoms with Crippen LogP contribution < -0.4 is 5.32 Å². The number of alkyl halides is 3. The summed E-state index contributed by atoms with van der Waals surface area (Å²) in [7, 11) is -4.30. The van der Waals surface area contributed by atoms with Crippen LogP contribution in [0.15, 0.2) is 58.3 Å². The molecule has 32 heavy (non-hydrogen) atoms. The minimum Gasteiger partial charge on any atom is -0.355 e. The quantitative estimate of drug-likeness (QED) is 0.468. The lowest BCUT2D eigenvalue weighted by Crippen LogP contribution is -2.43. The van der Waals surface area contributed by atoms with Crippen LogP contribution in [0, 0.1) is 12.8 Å². The standard InChI is InChI=1S/C22H25F3N2O3S2/c1-16-6-8-18(9-7-16)31-15-12-26-21(28)17-10-13-27(14-11-17)32(29,30)20-5-3-2-4-19(20)22(23,24)25/h2-9,17H,10-15H2,1H3,(H,26,28). The Morgan fingerprint density at radius 3 is 2.34 bits per heavy atom. The van der Waals surface area contributed by atoms with E-state index in [1.165, 1.54) is 11.6 Å². The highest BCUT2D eigenvalue weighted by molar-refractivity contribution is 7.99. The van der Waals surface area contributed by atoms with Crippen molar-refractivity contribution in [3.05, 3.63) is 59.7 Å². The van der Waals surface area contributed by atoms with Gasteiger partial charge >= 0.3 is 6.18 Å². The van der Waals surface area contributed by atoms with Gasteiger partial charge < -0.3 is 5.32 Å². The van der Waals surface area contributed by atoms with E-state index in [-0.39, 0.29) is 37.8 Å². The van der Waals surface area contributed by atoms with Gasteiger partial charge in [-0.25, -0.2) is 8.42 Å². The third kappa shape index (κ3) is 6.05. The van der Waals surface area contributed by atoms with Gasteiger partial charge in [-0.3, -0.25) is 4.79 Å². The Balaban J connectivity index is 1.51. The Morgan fingerprint density at radius 2 is 1.72 bits per heavy atom. The molecule has 1 saturated heterocycles. The van der Waals surface area contributed by atoms with Gasteiger partial charge in [0.2, 0.25) is 15.9 Å². The largest absolute Gasteiger partial charge is 0.417 e. The van der Waals surface area contributed by atoms with Crippen molar-refractivity contribution in [2.75, 3.05) is 25.4 Å². The van der Waals surface area contributed by atoms with E-state index in [9.17, 15) is 26.4 Å². The molecule has 5 nitrogen and oxygen atoms in total. The van der Waals surface area contributed by atoms with Gasteiger partial charge in [-0.2, -0.15) is 17.5 Å². The molecule has 0 bridgehead atoms. The number of hydrogen-bond acceptors (Lipinski definition) is 4. The predicted molar refractivity (Wildman–Crippen MR) is 118 cm³/mol. The monoisotopic (exact) mass is 486 g/mol. The van der Waals surface area contributed by atoms with Crippen LogP contribution in [-0.4, -0.2) is 44.0 Å². The first-order valence-corrected chi connectivity index (χ1v) is 12.6. The predicted octanol–water partition coefficient (Wildman–Crippen LogP) is 4.32. The average molecular weight is 487 g/mol. The van der Waals surface area contributed by atoms with E-state index in [0.29, 0.717) is 12.3 Å². The second-order valence-electron chi connectivity index (χ2n) is 7.62. The molecule has 1 aliphatic heterocycles. The van der Waals surface area contributed by atoms with Crippen LogP contribution in [0.3, 0.4) is 0 Å². The first-order valence-electron chi connectivity index (χ1n) is 10.2. The zero-order valence-electron chi connectivity index (χ0n) is 17.6. The second kappa shape index (κ2) is 10.3. The van der Waals surface area contributed by atoms with Gasteiger partial charge in [0.25, 0.3) is 0 Å². The van der Waals surface area contributed by atoms with Crippen LogP contribution in [0.2, 0.25) is 0 Å². The zero-order chi connectivity index (χ0) is 23.4. The molecule has 0 radical (unpaired) electrons. The van der Waals surface area contributed by atoms with Crippen molar-refractivity contribution >= 4 is 27.7 Å². The molecular formula is C22H25F3N2O3S2. The van der Waals surface area contributed by atoms with E-state index in [0.717, 1.165) is 27.4 Å². The third-order valence-corrected chi connectivity index (χ3v) is 8.30. The Hall–Kier alpha value is -2.04. The Morgan fingerprint density at radius 1 is 1.09 bits per heavy atom. The summed E-state index contributed by atoms with van der Waals surface area (Å²) in [6.45, 7) is 2.50. The van der Waals surface area contributed by atoms with Crippen LogP contribution in [0.25, 0.3) is 0 Å². The van der Waals surface area contributed by atoms with Crippen LogP contribution in [-0.2, 0) is 21.0 Å². The number of rotatable bonds is 7. The van der Waals surface area contributed by atoms with Gasteiger partial charge in [0, 0.05) is 36.2 Å². The van der Waals surface area contributed by atoms with Gasteiger partial charge in [-0.05, 0) is 44.0 Å². The van der Waals surface area contributed by atoms with E-state index in [2.05, 4.69) is 5.32 Å². The second-order valence-corrected chi connectivity index (χ2v) is 10.7. The van der Waals surface area contributed by atoms with E-state index >= 15 is 0 Å². The lowest BCUT2D eigenvalue weighted by atomic mass is 9.97. The van der Waals surface area contributed by atoms with Crippen LogP contribution >= 0.6 is 11.8 Å². The normalized spacial score (nSPS) is 16.1. The minimum atomic E-state index is -4.77. The smallest absolute Gasteiger partial charge is 0.355 e. The number of aryl methyl sites for hydroxylation is 1.